The van der Waals surface area contributed by atoms with E-state index in [-0.39, 0.29) is 5.56 Å². The number of fused-ring (bicyclic) bond motifs is 1. The van der Waals surface area contributed by atoms with E-state index in [1.54, 1.807) is 12.1 Å². The summed E-state index contributed by atoms with van der Waals surface area (Å²) in [6.45, 7) is 0.731. The lowest BCUT2D eigenvalue weighted by molar-refractivity contribution is 0.357. The summed E-state index contributed by atoms with van der Waals surface area (Å²) < 4.78 is 5.44. The second-order valence-corrected chi connectivity index (χ2v) is 4.41. The Hall–Kier alpha value is -1.74. The first kappa shape index (κ1) is 10.4. The van der Waals surface area contributed by atoms with Crippen molar-refractivity contribution >= 4 is 11.6 Å². The third-order valence-corrected chi connectivity index (χ3v) is 3.04. The summed E-state index contributed by atoms with van der Waals surface area (Å²) in [4.78, 5) is 13.9. The molecule has 0 fully saturated rings. The third kappa shape index (κ3) is 1.94. The Labute approximate surface area is 103 Å². The van der Waals surface area contributed by atoms with Gasteiger partial charge in [0.2, 0.25) is 5.56 Å². The maximum absolute atomic E-state index is 11.4. The largest absolute Gasteiger partial charge is 0.493 e. The molecule has 1 N–H and O–H groups in total. The van der Waals surface area contributed by atoms with E-state index in [1.807, 2.05) is 18.2 Å². The second-order valence-electron chi connectivity index (χ2n) is 4.00. The van der Waals surface area contributed by atoms with Gasteiger partial charge in [-0.2, -0.15) is 0 Å². The average Bonchev–Trinajstić information content (AvgIpc) is 2.74. The van der Waals surface area contributed by atoms with Crippen LogP contribution in [-0.4, -0.2) is 11.6 Å². The number of halogens is 1. The summed E-state index contributed by atoms with van der Waals surface area (Å²) in [6, 6.07) is 9.22. The summed E-state index contributed by atoms with van der Waals surface area (Å²) >= 11 is 5.84. The first-order chi connectivity index (χ1) is 8.22. The number of aromatic nitrogens is 1. The van der Waals surface area contributed by atoms with Crippen molar-refractivity contribution in [3.8, 4) is 16.9 Å². The van der Waals surface area contributed by atoms with Gasteiger partial charge < -0.3 is 9.72 Å². The molecule has 4 heteroatoms. The standard InChI is InChI=1S/C13H10ClNO2/c14-12-6-10(7-13(16)15-12)8-1-2-11-9(5-8)3-4-17-11/h1-2,5-7H,3-4H2,(H,15,16). The number of nitrogens with one attached hydrogen (secondary N) is 1. The monoisotopic (exact) mass is 247 g/mol. The Kier molecular flexibility index (Phi) is 2.41. The van der Waals surface area contributed by atoms with Crippen LogP contribution in [0.1, 0.15) is 5.56 Å². The Morgan fingerprint density at radius 2 is 2.06 bits per heavy atom. The van der Waals surface area contributed by atoms with E-state index in [0.29, 0.717) is 5.15 Å². The smallest absolute Gasteiger partial charge is 0.249 e. The highest BCUT2D eigenvalue weighted by Gasteiger charge is 2.12. The van der Waals surface area contributed by atoms with Crippen LogP contribution in [0.25, 0.3) is 11.1 Å². The van der Waals surface area contributed by atoms with Gasteiger partial charge in [-0.15, -0.1) is 0 Å². The molecule has 0 spiro atoms. The van der Waals surface area contributed by atoms with Crippen LogP contribution in [0.5, 0.6) is 5.75 Å². The Morgan fingerprint density at radius 1 is 1.18 bits per heavy atom. The minimum Gasteiger partial charge on any atom is -0.493 e. The minimum atomic E-state index is -0.191. The summed E-state index contributed by atoms with van der Waals surface area (Å²) in [5, 5.41) is 0.351. The van der Waals surface area contributed by atoms with Gasteiger partial charge in [-0.1, -0.05) is 17.7 Å². The van der Waals surface area contributed by atoms with Crippen molar-refractivity contribution in [2.45, 2.75) is 6.42 Å². The molecule has 1 aromatic heterocycles. The molecule has 0 atom stereocenters. The van der Waals surface area contributed by atoms with Crippen LogP contribution >= 0.6 is 11.6 Å². The molecule has 0 saturated carbocycles. The molecular formula is C13H10ClNO2. The molecule has 2 heterocycles. The summed E-state index contributed by atoms with van der Waals surface area (Å²) in [6.07, 6.45) is 0.917. The van der Waals surface area contributed by atoms with Crippen molar-refractivity contribution in [2.24, 2.45) is 0 Å². The molecule has 0 unspecified atom stereocenters. The number of benzene rings is 1. The van der Waals surface area contributed by atoms with E-state index in [9.17, 15) is 4.79 Å². The molecule has 1 aromatic carbocycles. The fourth-order valence-corrected chi connectivity index (χ4v) is 2.25. The topological polar surface area (TPSA) is 42.1 Å². The first-order valence-corrected chi connectivity index (χ1v) is 5.76. The highest BCUT2D eigenvalue weighted by atomic mass is 35.5. The van der Waals surface area contributed by atoms with Gasteiger partial charge in [0.15, 0.2) is 0 Å². The van der Waals surface area contributed by atoms with Crippen molar-refractivity contribution in [3.63, 3.8) is 0 Å². The SMILES string of the molecule is O=c1cc(-c2ccc3c(c2)CCO3)cc(Cl)[nH]1. The van der Waals surface area contributed by atoms with E-state index < -0.39 is 0 Å². The van der Waals surface area contributed by atoms with Crippen LogP contribution in [0.15, 0.2) is 35.1 Å². The number of hydrogen-bond donors (Lipinski definition) is 1. The summed E-state index contributed by atoms with van der Waals surface area (Å²) in [7, 11) is 0. The van der Waals surface area contributed by atoms with E-state index in [2.05, 4.69) is 4.98 Å². The normalized spacial score (nSPS) is 13.2. The number of pyridine rings is 1. The molecule has 0 radical (unpaired) electrons. The quantitative estimate of drug-likeness (QED) is 0.787. The Bertz CT molecular complexity index is 634. The Balaban J connectivity index is 2.12. The van der Waals surface area contributed by atoms with Crippen molar-refractivity contribution in [1.82, 2.24) is 4.98 Å². The third-order valence-electron chi connectivity index (χ3n) is 2.83. The van der Waals surface area contributed by atoms with Gasteiger partial charge in [-0.05, 0) is 34.9 Å². The maximum atomic E-state index is 11.4. The van der Waals surface area contributed by atoms with E-state index in [1.165, 1.54) is 5.56 Å². The fourth-order valence-electron chi connectivity index (χ4n) is 2.04. The lowest BCUT2D eigenvalue weighted by Gasteiger charge is -2.04. The van der Waals surface area contributed by atoms with Crippen molar-refractivity contribution in [3.05, 3.63) is 51.4 Å². The molecule has 86 valence electrons. The molecule has 1 aliphatic heterocycles. The first-order valence-electron chi connectivity index (χ1n) is 5.38. The van der Waals surface area contributed by atoms with Crippen LogP contribution in [0.3, 0.4) is 0 Å². The fraction of sp³-hybridized carbons (Fsp3) is 0.154. The van der Waals surface area contributed by atoms with Gasteiger partial charge in [0, 0.05) is 12.5 Å². The number of hydrogen-bond acceptors (Lipinski definition) is 2. The van der Waals surface area contributed by atoms with Crippen LogP contribution in [-0.2, 0) is 6.42 Å². The lowest BCUT2D eigenvalue weighted by atomic mass is 10.0. The molecule has 3 nitrogen and oxygen atoms in total. The number of H-pyrrole nitrogens is 1. The zero-order valence-corrected chi connectivity index (χ0v) is 9.75. The van der Waals surface area contributed by atoms with Gasteiger partial charge in [0.05, 0.1) is 6.61 Å². The van der Waals surface area contributed by atoms with Crippen LogP contribution in [0, 0.1) is 0 Å². The number of aromatic amines is 1. The van der Waals surface area contributed by atoms with Crippen molar-refractivity contribution in [2.75, 3.05) is 6.61 Å². The lowest BCUT2D eigenvalue weighted by Crippen LogP contribution is -2.03. The van der Waals surface area contributed by atoms with Gasteiger partial charge in [0.25, 0.3) is 0 Å². The summed E-state index contributed by atoms with van der Waals surface area (Å²) in [5.41, 5.74) is 2.80. The number of ether oxygens (including phenoxy) is 1. The highest BCUT2D eigenvalue weighted by Crippen LogP contribution is 2.30. The zero-order valence-electron chi connectivity index (χ0n) is 9.00. The van der Waals surface area contributed by atoms with Crippen molar-refractivity contribution in [1.29, 1.82) is 0 Å². The Morgan fingerprint density at radius 3 is 2.88 bits per heavy atom. The van der Waals surface area contributed by atoms with Gasteiger partial charge in [-0.3, -0.25) is 4.79 Å². The predicted octanol–water partition coefficient (Wildman–Crippen LogP) is 2.63. The molecule has 17 heavy (non-hydrogen) atoms. The molecule has 3 rings (SSSR count). The second kappa shape index (κ2) is 3.93. The van der Waals surface area contributed by atoms with Gasteiger partial charge in [-0.25, -0.2) is 0 Å². The molecule has 1 aliphatic rings. The zero-order chi connectivity index (χ0) is 11.8. The highest BCUT2D eigenvalue weighted by molar-refractivity contribution is 6.29. The van der Waals surface area contributed by atoms with Crippen LogP contribution in [0.4, 0.5) is 0 Å². The van der Waals surface area contributed by atoms with Crippen LogP contribution in [0.2, 0.25) is 5.15 Å². The maximum Gasteiger partial charge on any atom is 0.249 e. The van der Waals surface area contributed by atoms with Gasteiger partial charge >= 0.3 is 0 Å². The molecule has 0 amide bonds. The average molecular weight is 248 g/mol. The molecular weight excluding hydrogens is 238 g/mol. The van der Waals surface area contributed by atoms with E-state index in [4.69, 9.17) is 16.3 Å². The predicted molar refractivity (Wildman–Crippen MR) is 66.7 cm³/mol. The molecule has 2 aromatic rings. The van der Waals surface area contributed by atoms with E-state index >= 15 is 0 Å². The summed E-state index contributed by atoms with van der Waals surface area (Å²) in [5.74, 6) is 0.935. The van der Waals surface area contributed by atoms with Crippen molar-refractivity contribution < 1.29 is 4.74 Å². The molecule has 0 aliphatic carbocycles. The molecule has 0 bridgehead atoms. The van der Waals surface area contributed by atoms with Crippen LogP contribution < -0.4 is 10.3 Å². The van der Waals surface area contributed by atoms with Gasteiger partial charge in [0.1, 0.15) is 10.9 Å². The number of rotatable bonds is 1. The minimum absolute atomic E-state index is 0.191. The molecule has 0 saturated heterocycles. The van der Waals surface area contributed by atoms with E-state index in [0.717, 1.165) is 29.9 Å².